The third-order valence-electron chi connectivity index (χ3n) is 5.84. The van der Waals surface area contributed by atoms with Gasteiger partial charge in [0, 0.05) is 25.5 Å². The van der Waals surface area contributed by atoms with Crippen LogP contribution in [-0.4, -0.2) is 54.9 Å². The third-order valence-corrected chi connectivity index (χ3v) is 5.84. The summed E-state index contributed by atoms with van der Waals surface area (Å²) in [5.74, 6) is 0.128. The zero-order chi connectivity index (χ0) is 23.6. The van der Waals surface area contributed by atoms with Crippen molar-refractivity contribution >= 4 is 11.9 Å². The Hall–Kier alpha value is -3.50. The van der Waals surface area contributed by atoms with E-state index in [0.717, 1.165) is 30.8 Å². The number of nitrogens with zero attached hydrogens (tertiary/aromatic N) is 6. The molecule has 3 heterocycles. The molecule has 1 fully saturated rings. The van der Waals surface area contributed by atoms with Crippen molar-refractivity contribution in [3.8, 4) is 5.69 Å². The van der Waals surface area contributed by atoms with Gasteiger partial charge in [-0.15, -0.1) is 0 Å². The van der Waals surface area contributed by atoms with Crippen LogP contribution in [0.2, 0.25) is 0 Å². The van der Waals surface area contributed by atoms with Gasteiger partial charge in [-0.05, 0) is 37.8 Å². The highest BCUT2D eigenvalue weighted by Crippen LogP contribution is 2.29. The summed E-state index contributed by atoms with van der Waals surface area (Å²) in [6, 6.07) is 5.36. The van der Waals surface area contributed by atoms with Crippen molar-refractivity contribution in [2.45, 2.75) is 38.9 Å². The van der Waals surface area contributed by atoms with Crippen molar-refractivity contribution in [3.05, 3.63) is 59.7 Å². The van der Waals surface area contributed by atoms with Crippen LogP contribution in [0, 0.1) is 12.8 Å². The molecule has 33 heavy (non-hydrogen) atoms. The molecule has 2 aromatic heterocycles. The standard InChI is InChI=1S/C22H24F3N7O/c1-14-5-6-18(32-29-7-8-30-32)17(10-14)20(33)31-9-3-4-15(2)19(31)13-28-21-26-11-16(12-27-21)22(23,24)25/h5-8,10-12,15,19H,3-4,9,13H2,1-2H3,(H,26,27,28)/t15-,19-/m0/s1. The lowest BCUT2D eigenvalue weighted by atomic mass is 9.90. The van der Waals surface area contributed by atoms with E-state index in [1.807, 2.05) is 30.0 Å². The first-order chi connectivity index (χ1) is 15.7. The Morgan fingerprint density at radius 2 is 1.88 bits per heavy atom. The highest BCUT2D eigenvalue weighted by atomic mass is 19.4. The number of hydrogen-bond acceptors (Lipinski definition) is 6. The van der Waals surface area contributed by atoms with Crippen molar-refractivity contribution in [2.24, 2.45) is 5.92 Å². The highest BCUT2D eigenvalue weighted by molar-refractivity contribution is 5.98. The number of rotatable bonds is 5. The Balaban J connectivity index is 1.55. The van der Waals surface area contributed by atoms with Gasteiger partial charge in [-0.1, -0.05) is 18.6 Å². The molecule has 0 aliphatic carbocycles. The Bertz CT molecular complexity index is 1100. The largest absolute Gasteiger partial charge is 0.419 e. The number of carbonyl (C=O) groups excluding carboxylic acids is 1. The molecule has 1 aromatic carbocycles. The lowest BCUT2D eigenvalue weighted by molar-refractivity contribution is -0.138. The molecular formula is C22H24F3N7O. The van der Waals surface area contributed by atoms with Crippen LogP contribution >= 0.6 is 0 Å². The second kappa shape index (κ2) is 9.16. The maximum Gasteiger partial charge on any atom is 0.419 e. The van der Waals surface area contributed by atoms with E-state index in [-0.39, 0.29) is 23.8 Å². The average Bonchev–Trinajstić information content (AvgIpc) is 3.32. The summed E-state index contributed by atoms with van der Waals surface area (Å²) in [5, 5.41) is 11.3. The van der Waals surface area contributed by atoms with E-state index in [9.17, 15) is 18.0 Å². The number of likely N-dealkylation sites (tertiary alicyclic amines) is 1. The molecule has 2 atom stereocenters. The van der Waals surface area contributed by atoms with Gasteiger partial charge in [0.2, 0.25) is 5.95 Å². The van der Waals surface area contributed by atoms with Gasteiger partial charge in [0.05, 0.1) is 35.2 Å². The topological polar surface area (TPSA) is 88.8 Å². The van der Waals surface area contributed by atoms with Crippen LogP contribution in [0.3, 0.4) is 0 Å². The Morgan fingerprint density at radius 3 is 2.55 bits per heavy atom. The quantitative estimate of drug-likeness (QED) is 0.625. The first-order valence-corrected chi connectivity index (χ1v) is 10.7. The summed E-state index contributed by atoms with van der Waals surface area (Å²) in [4.78, 5) is 24.4. The van der Waals surface area contributed by atoms with Crippen molar-refractivity contribution in [1.29, 1.82) is 0 Å². The first kappa shape index (κ1) is 22.7. The van der Waals surface area contributed by atoms with Crippen LogP contribution in [0.25, 0.3) is 5.69 Å². The molecule has 0 saturated carbocycles. The van der Waals surface area contributed by atoms with Gasteiger partial charge < -0.3 is 10.2 Å². The lowest BCUT2D eigenvalue weighted by Gasteiger charge is -2.40. The molecule has 1 saturated heterocycles. The summed E-state index contributed by atoms with van der Waals surface area (Å²) in [7, 11) is 0. The van der Waals surface area contributed by atoms with Gasteiger partial charge in [0.1, 0.15) is 0 Å². The summed E-state index contributed by atoms with van der Waals surface area (Å²) >= 11 is 0. The third kappa shape index (κ3) is 4.96. The van der Waals surface area contributed by atoms with E-state index in [2.05, 4.69) is 32.4 Å². The van der Waals surface area contributed by atoms with E-state index in [0.29, 0.717) is 24.3 Å². The summed E-state index contributed by atoms with van der Waals surface area (Å²) in [6.45, 7) is 4.87. The summed E-state index contributed by atoms with van der Waals surface area (Å²) in [5.41, 5.74) is 1.12. The van der Waals surface area contributed by atoms with Crippen LogP contribution < -0.4 is 5.32 Å². The average molecular weight is 459 g/mol. The van der Waals surface area contributed by atoms with Crippen LogP contribution in [0.5, 0.6) is 0 Å². The van der Waals surface area contributed by atoms with Crippen molar-refractivity contribution in [3.63, 3.8) is 0 Å². The number of benzene rings is 1. The maximum absolute atomic E-state index is 13.7. The zero-order valence-electron chi connectivity index (χ0n) is 18.3. The summed E-state index contributed by atoms with van der Waals surface area (Å²) < 4.78 is 38.3. The number of alkyl halides is 3. The normalized spacial score (nSPS) is 18.9. The van der Waals surface area contributed by atoms with Gasteiger partial charge in [-0.25, -0.2) is 9.97 Å². The zero-order valence-corrected chi connectivity index (χ0v) is 18.3. The molecule has 1 aliphatic heterocycles. The highest BCUT2D eigenvalue weighted by Gasteiger charge is 2.34. The van der Waals surface area contributed by atoms with E-state index in [4.69, 9.17) is 0 Å². The molecule has 8 nitrogen and oxygen atoms in total. The molecular weight excluding hydrogens is 435 g/mol. The number of aryl methyl sites for hydroxylation is 1. The molecule has 0 unspecified atom stereocenters. The minimum atomic E-state index is -4.49. The number of halogens is 3. The number of aromatic nitrogens is 5. The molecule has 11 heteroatoms. The molecule has 4 rings (SSSR count). The number of hydrogen-bond donors (Lipinski definition) is 1. The molecule has 1 amide bonds. The number of anilines is 1. The van der Waals surface area contributed by atoms with Crippen molar-refractivity contribution in [2.75, 3.05) is 18.4 Å². The van der Waals surface area contributed by atoms with E-state index in [1.54, 1.807) is 12.4 Å². The Kier molecular flexibility index (Phi) is 6.30. The second-order valence-corrected chi connectivity index (χ2v) is 8.20. The van der Waals surface area contributed by atoms with Crippen molar-refractivity contribution < 1.29 is 18.0 Å². The number of carbonyl (C=O) groups is 1. The fourth-order valence-corrected chi connectivity index (χ4v) is 4.06. The van der Waals surface area contributed by atoms with Crippen LogP contribution in [-0.2, 0) is 6.18 Å². The summed E-state index contributed by atoms with van der Waals surface area (Å²) in [6.07, 6.45) is 1.90. The van der Waals surface area contributed by atoms with Crippen LogP contribution in [0.4, 0.5) is 19.1 Å². The van der Waals surface area contributed by atoms with Gasteiger partial charge >= 0.3 is 6.18 Å². The molecule has 1 aliphatic rings. The molecule has 3 aromatic rings. The lowest BCUT2D eigenvalue weighted by Crippen LogP contribution is -2.51. The minimum Gasteiger partial charge on any atom is -0.352 e. The second-order valence-electron chi connectivity index (χ2n) is 8.20. The molecule has 0 spiro atoms. The monoisotopic (exact) mass is 459 g/mol. The fourth-order valence-electron chi connectivity index (χ4n) is 4.06. The number of amides is 1. The van der Waals surface area contributed by atoms with Crippen LogP contribution in [0.15, 0.2) is 43.0 Å². The minimum absolute atomic E-state index is 0.0881. The van der Waals surface area contributed by atoms with Gasteiger partial charge in [-0.2, -0.15) is 28.2 Å². The molecule has 1 N–H and O–H groups in total. The Morgan fingerprint density at radius 1 is 1.18 bits per heavy atom. The predicted molar refractivity (Wildman–Crippen MR) is 115 cm³/mol. The first-order valence-electron chi connectivity index (χ1n) is 10.7. The number of piperidine rings is 1. The van der Waals surface area contributed by atoms with Gasteiger partial charge in [0.25, 0.3) is 5.91 Å². The smallest absolute Gasteiger partial charge is 0.352 e. The molecule has 0 bridgehead atoms. The van der Waals surface area contributed by atoms with Gasteiger partial charge in [-0.3, -0.25) is 4.79 Å². The predicted octanol–water partition coefficient (Wildman–Crippen LogP) is 3.74. The van der Waals surface area contributed by atoms with E-state index < -0.39 is 11.7 Å². The molecule has 174 valence electrons. The van der Waals surface area contributed by atoms with E-state index in [1.165, 1.54) is 4.80 Å². The van der Waals surface area contributed by atoms with Crippen molar-refractivity contribution in [1.82, 2.24) is 29.9 Å². The number of nitrogens with one attached hydrogen (secondary N) is 1. The van der Waals surface area contributed by atoms with Gasteiger partial charge in [0.15, 0.2) is 0 Å². The Labute approximate surface area is 188 Å². The fraction of sp³-hybridized carbons (Fsp3) is 0.409. The molecule has 0 radical (unpaired) electrons. The maximum atomic E-state index is 13.7. The van der Waals surface area contributed by atoms with E-state index >= 15 is 0 Å². The van der Waals surface area contributed by atoms with Crippen LogP contribution in [0.1, 0.15) is 41.3 Å². The SMILES string of the molecule is Cc1ccc(-n2nccn2)c(C(=O)N2CCC[C@H](C)[C@@H]2CNc2ncc(C(F)(F)F)cn2)c1.